The first-order valence-electron chi connectivity index (χ1n) is 20.9. The normalized spacial score (nSPS) is 55.5. The predicted molar refractivity (Wildman–Crippen MR) is 199 cm³/mol. The Bertz CT molecular complexity index is 1520. The van der Waals surface area contributed by atoms with E-state index >= 15 is 0 Å². The smallest absolute Gasteiger partial charge is 0.335 e. The van der Waals surface area contributed by atoms with Crippen LogP contribution in [0.3, 0.4) is 0 Å². The third kappa shape index (κ3) is 6.21. The number of rotatable bonds is 7. The molecular formula is C42H68O14. The van der Waals surface area contributed by atoms with Gasteiger partial charge in [-0.25, -0.2) is 4.79 Å². The number of carboxylic acids is 1. The molecule has 6 fully saturated rings. The second-order valence-corrected chi connectivity index (χ2v) is 20.8. The molecule has 4 saturated carbocycles. The van der Waals surface area contributed by atoms with Crippen LogP contribution >= 0.6 is 0 Å². The monoisotopic (exact) mass is 796 g/mol. The maximum Gasteiger partial charge on any atom is 0.335 e. The average Bonchev–Trinajstić information content (AvgIpc) is 3.13. The molecule has 20 atom stereocenters. The summed E-state index contributed by atoms with van der Waals surface area (Å²) in [6.45, 7) is 15.2. The van der Waals surface area contributed by atoms with Crippen molar-refractivity contribution in [2.24, 2.45) is 50.2 Å². The number of aliphatic hydroxyl groups excluding tert-OH is 8. The van der Waals surface area contributed by atoms with Gasteiger partial charge in [-0.1, -0.05) is 60.1 Å². The summed E-state index contributed by atoms with van der Waals surface area (Å²) < 4.78 is 23.8. The van der Waals surface area contributed by atoms with Crippen LogP contribution in [0.5, 0.6) is 0 Å². The second kappa shape index (κ2) is 14.4. The number of aliphatic carboxylic acids is 1. The van der Waals surface area contributed by atoms with Crippen LogP contribution in [-0.4, -0.2) is 139 Å². The lowest BCUT2D eigenvalue weighted by molar-refractivity contribution is -0.375. The second-order valence-electron chi connectivity index (χ2n) is 20.8. The van der Waals surface area contributed by atoms with Crippen LogP contribution in [0.25, 0.3) is 0 Å². The van der Waals surface area contributed by atoms with Crippen LogP contribution < -0.4 is 0 Å². The molecule has 2 saturated heterocycles. The SMILES string of the molecule is CC1(C)C[C@@H](O)[C@]2(C)CC[C@]3(C)C(=CC[C@@H]4[C@@]5(C)CC[C@H](O[C@@H]6O[C@H](C(=O)O)[C@@H](O)[C@H](O)[C@H]6O[C@@H]6O[C@H](CO)[C@@H](O)[C@H](O)[C@H]6O)[C@](C)(CO)[C@@H]5CC[C@]43C)[C@@H]2C1. The van der Waals surface area contributed by atoms with Gasteiger partial charge in [0.25, 0.3) is 0 Å². The van der Waals surface area contributed by atoms with E-state index < -0.39 is 85.5 Å². The fourth-order valence-corrected chi connectivity index (χ4v) is 13.7. The van der Waals surface area contributed by atoms with Gasteiger partial charge in [-0.3, -0.25) is 0 Å². The molecule has 5 aliphatic carbocycles. The van der Waals surface area contributed by atoms with Gasteiger partial charge in [0.1, 0.15) is 42.7 Å². The first-order valence-corrected chi connectivity index (χ1v) is 20.9. The van der Waals surface area contributed by atoms with Crippen LogP contribution in [0, 0.1) is 50.2 Å². The topological polar surface area (TPSA) is 236 Å². The number of hydrogen-bond acceptors (Lipinski definition) is 13. The highest BCUT2D eigenvalue weighted by Gasteiger charge is 2.69. The summed E-state index contributed by atoms with van der Waals surface area (Å²) in [5.74, 6) is -0.954. The summed E-state index contributed by atoms with van der Waals surface area (Å²) in [6, 6.07) is 0. The lowest BCUT2D eigenvalue weighted by atomic mass is 9.33. The van der Waals surface area contributed by atoms with Crippen molar-refractivity contribution in [1.29, 1.82) is 0 Å². The van der Waals surface area contributed by atoms with Crippen molar-refractivity contribution >= 4 is 5.97 Å². The number of carbonyl (C=O) groups is 1. The molecule has 0 aromatic rings. The van der Waals surface area contributed by atoms with Crippen LogP contribution in [0.15, 0.2) is 11.6 Å². The van der Waals surface area contributed by atoms with Crippen LogP contribution in [0.2, 0.25) is 0 Å². The molecule has 14 nitrogen and oxygen atoms in total. The fourth-order valence-electron chi connectivity index (χ4n) is 13.7. The lowest BCUT2D eigenvalue weighted by Crippen LogP contribution is -2.68. The van der Waals surface area contributed by atoms with Gasteiger partial charge < -0.3 is 64.9 Å². The maximum absolute atomic E-state index is 12.2. The highest BCUT2D eigenvalue weighted by Crippen LogP contribution is 2.76. The van der Waals surface area contributed by atoms with Crippen molar-refractivity contribution in [3.05, 3.63) is 11.6 Å². The predicted octanol–water partition coefficient (Wildman–Crippen LogP) is 1.85. The van der Waals surface area contributed by atoms with E-state index in [4.69, 9.17) is 18.9 Å². The number of ether oxygens (including phenoxy) is 4. The van der Waals surface area contributed by atoms with E-state index in [-0.39, 0.29) is 45.7 Å². The Hall–Kier alpha value is -1.27. The number of hydrogen-bond donors (Lipinski definition) is 9. The number of carboxylic acid groups (broad SMARTS) is 1. The number of allylic oxidation sites excluding steroid dienone is 2. The van der Waals surface area contributed by atoms with Gasteiger partial charge in [0.05, 0.1) is 25.4 Å². The molecule has 0 bridgehead atoms. The van der Waals surface area contributed by atoms with Gasteiger partial charge in [0.2, 0.25) is 0 Å². The van der Waals surface area contributed by atoms with Gasteiger partial charge in [-0.2, -0.15) is 0 Å². The molecule has 14 heteroatoms. The molecule has 0 aromatic carbocycles. The number of fused-ring (bicyclic) bond motifs is 7. The van der Waals surface area contributed by atoms with Crippen molar-refractivity contribution in [1.82, 2.24) is 0 Å². The molecule has 0 unspecified atom stereocenters. The third-order valence-electron chi connectivity index (χ3n) is 17.4. The molecule has 320 valence electrons. The van der Waals surface area contributed by atoms with Crippen LogP contribution in [0.4, 0.5) is 0 Å². The molecule has 2 heterocycles. The zero-order valence-corrected chi connectivity index (χ0v) is 34.1. The van der Waals surface area contributed by atoms with E-state index in [1.165, 1.54) is 5.57 Å². The Morgan fingerprint density at radius 3 is 2.09 bits per heavy atom. The van der Waals surface area contributed by atoms with Gasteiger partial charge >= 0.3 is 5.97 Å². The van der Waals surface area contributed by atoms with E-state index in [0.29, 0.717) is 18.3 Å². The number of aliphatic hydroxyl groups is 8. The molecule has 0 amide bonds. The molecular weight excluding hydrogens is 728 g/mol. The summed E-state index contributed by atoms with van der Waals surface area (Å²) in [5, 5.41) is 96.0. The quantitative estimate of drug-likeness (QED) is 0.132. The van der Waals surface area contributed by atoms with Crippen molar-refractivity contribution in [3.8, 4) is 0 Å². The van der Waals surface area contributed by atoms with E-state index in [2.05, 4.69) is 47.6 Å². The molecule has 56 heavy (non-hydrogen) atoms. The molecule has 7 aliphatic rings. The molecule has 7 rings (SSSR count). The Kier molecular flexibility index (Phi) is 11.0. The minimum Gasteiger partial charge on any atom is -0.479 e. The Morgan fingerprint density at radius 2 is 1.45 bits per heavy atom. The standard InChI is InChI=1S/C42H68O14/c1-37(2)16-21-20-8-9-24-39(4)12-11-26(40(5,19-44)23(39)10-13-42(24,7)41(20,6)15-14-38(21,3)25(45)17-37)54-36-33(30(49)29(48)32(55-36)34(51)52)56-35-31(50)28(47)27(46)22(18-43)53-35/h8,21-33,35-36,43-50H,9-19H2,1-7H3,(H,51,52)/t21-,22+,23+,24+,25+,26-,27+,28-,29-,30-,31+,32-,33+,35-,36+,38+,39-,40+,41+,42+/m0/s1. The summed E-state index contributed by atoms with van der Waals surface area (Å²) in [4.78, 5) is 12.2. The minimum atomic E-state index is -1.97. The van der Waals surface area contributed by atoms with E-state index in [0.717, 1.165) is 51.4 Å². The van der Waals surface area contributed by atoms with Gasteiger partial charge in [-0.15, -0.1) is 0 Å². The summed E-state index contributed by atoms with van der Waals surface area (Å²) >= 11 is 0. The van der Waals surface area contributed by atoms with Crippen LogP contribution in [0.1, 0.15) is 106 Å². The van der Waals surface area contributed by atoms with E-state index in [1.54, 1.807) is 0 Å². The van der Waals surface area contributed by atoms with Gasteiger partial charge in [0, 0.05) is 10.8 Å². The van der Waals surface area contributed by atoms with Crippen molar-refractivity contribution < 1.29 is 69.7 Å². The lowest BCUT2D eigenvalue weighted by Gasteiger charge is -2.72. The first-order chi connectivity index (χ1) is 26.0. The highest BCUT2D eigenvalue weighted by molar-refractivity contribution is 5.73. The van der Waals surface area contributed by atoms with Crippen LogP contribution in [-0.2, 0) is 23.7 Å². The molecule has 0 radical (unpaired) electrons. The van der Waals surface area contributed by atoms with Gasteiger partial charge in [0.15, 0.2) is 18.7 Å². The van der Waals surface area contributed by atoms with Crippen molar-refractivity contribution in [3.63, 3.8) is 0 Å². The van der Waals surface area contributed by atoms with E-state index in [9.17, 15) is 50.8 Å². The minimum absolute atomic E-state index is 0.0149. The molecule has 2 aliphatic heterocycles. The molecule has 0 aromatic heterocycles. The third-order valence-corrected chi connectivity index (χ3v) is 17.4. The van der Waals surface area contributed by atoms with Gasteiger partial charge in [-0.05, 0) is 97.2 Å². The molecule has 0 spiro atoms. The van der Waals surface area contributed by atoms with E-state index in [1.807, 2.05) is 6.92 Å². The largest absolute Gasteiger partial charge is 0.479 e. The van der Waals surface area contributed by atoms with Crippen molar-refractivity contribution in [2.75, 3.05) is 13.2 Å². The zero-order chi connectivity index (χ0) is 41.1. The first kappa shape index (κ1) is 42.8. The Balaban J connectivity index is 1.17. The summed E-state index contributed by atoms with van der Waals surface area (Å²) in [5.41, 5.74) is 0.271. The maximum atomic E-state index is 12.2. The Labute approximate surface area is 330 Å². The van der Waals surface area contributed by atoms with Crippen molar-refractivity contribution in [2.45, 2.75) is 180 Å². The summed E-state index contributed by atoms with van der Waals surface area (Å²) in [7, 11) is 0. The highest BCUT2D eigenvalue weighted by atomic mass is 16.8. The summed E-state index contributed by atoms with van der Waals surface area (Å²) in [6.07, 6.45) is -8.23. The zero-order valence-electron chi connectivity index (χ0n) is 34.1. The average molecular weight is 797 g/mol. The molecule has 9 N–H and O–H groups in total. The fraction of sp³-hybridized carbons (Fsp3) is 0.929. The Morgan fingerprint density at radius 1 is 0.750 bits per heavy atom.